The van der Waals surface area contributed by atoms with Crippen LogP contribution in [-0.4, -0.2) is 49.9 Å². The van der Waals surface area contributed by atoms with Crippen molar-refractivity contribution in [2.24, 2.45) is 5.92 Å². The zero-order chi connectivity index (χ0) is 15.9. The van der Waals surface area contributed by atoms with Gasteiger partial charge in [-0.15, -0.1) is 0 Å². The van der Waals surface area contributed by atoms with Gasteiger partial charge in [0.05, 0.1) is 5.92 Å². The summed E-state index contributed by atoms with van der Waals surface area (Å²) in [6.45, 7) is 4.26. The molecule has 1 atom stereocenters. The summed E-state index contributed by atoms with van der Waals surface area (Å²) in [5, 5.41) is 2.99. The van der Waals surface area contributed by atoms with Crippen molar-refractivity contribution in [1.82, 2.24) is 10.2 Å². The van der Waals surface area contributed by atoms with Gasteiger partial charge in [-0.2, -0.15) is 0 Å². The van der Waals surface area contributed by atoms with Crippen LogP contribution in [0.4, 0.5) is 5.69 Å². The van der Waals surface area contributed by atoms with E-state index in [1.165, 1.54) is 0 Å². The molecule has 0 saturated carbocycles. The van der Waals surface area contributed by atoms with E-state index in [9.17, 15) is 9.59 Å². The van der Waals surface area contributed by atoms with Crippen LogP contribution in [0.25, 0.3) is 0 Å². The molecule has 2 rings (SSSR count). The SMILES string of the molecule is CC(=O)N1CCC[C@H](C(=O)NCCN(C)c2ccccc2)C1. The summed E-state index contributed by atoms with van der Waals surface area (Å²) < 4.78 is 0. The summed E-state index contributed by atoms with van der Waals surface area (Å²) in [4.78, 5) is 27.5. The minimum atomic E-state index is -0.0697. The molecule has 1 fully saturated rings. The average molecular weight is 303 g/mol. The van der Waals surface area contributed by atoms with Gasteiger partial charge in [-0.1, -0.05) is 18.2 Å². The van der Waals surface area contributed by atoms with Gasteiger partial charge in [-0.25, -0.2) is 0 Å². The number of nitrogens with one attached hydrogen (secondary N) is 1. The van der Waals surface area contributed by atoms with Gasteiger partial charge in [0.1, 0.15) is 0 Å². The lowest BCUT2D eigenvalue weighted by Gasteiger charge is -2.31. The maximum absolute atomic E-state index is 12.2. The number of hydrogen-bond acceptors (Lipinski definition) is 3. The Morgan fingerprint density at radius 2 is 2.05 bits per heavy atom. The second kappa shape index (κ2) is 7.82. The molecule has 0 aliphatic carbocycles. The lowest BCUT2D eigenvalue weighted by Crippen LogP contribution is -2.45. The molecule has 0 spiro atoms. The molecule has 0 aromatic heterocycles. The maximum Gasteiger partial charge on any atom is 0.224 e. The lowest BCUT2D eigenvalue weighted by atomic mass is 9.97. The Morgan fingerprint density at radius 3 is 2.73 bits per heavy atom. The molecule has 0 radical (unpaired) electrons. The van der Waals surface area contributed by atoms with E-state index in [2.05, 4.69) is 10.2 Å². The van der Waals surface area contributed by atoms with Gasteiger partial charge in [-0.05, 0) is 25.0 Å². The third kappa shape index (κ3) is 4.48. The molecule has 0 unspecified atom stereocenters. The summed E-state index contributed by atoms with van der Waals surface area (Å²) in [5.41, 5.74) is 1.14. The van der Waals surface area contributed by atoms with E-state index in [1.54, 1.807) is 11.8 Å². The number of hydrogen-bond donors (Lipinski definition) is 1. The number of para-hydroxylation sites is 1. The van der Waals surface area contributed by atoms with Crippen LogP contribution in [0.5, 0.6) is 0 Å². The number of carbonyl (C=O) groups excluding carboxylic acids is 2. The first-order chi connectivity index (χ1) is 10.6. The summed E-state index contributed by atoms with van der Waals surface area (Å²) in [5.74, 6) is 0.0494. The highest BCUT2D eigenvalue weighted by molar-refractivity contribution is 5.80. The molecule has 120 valence electrons. The van der Waals surface area contributed by atoms with E-state index in [-0.39, 0.29) is 17.7 Å². The molecule has 2 amide bonds. The second-order valence-corrected chi connectivity index (χ2v) is 5.85. The third-order valence-electron chi connectivity index (χ3n) is 4.18. The highest BCUT2D eigenvalue weighted by atomic mass is 16.2. The fourth-order valence-corrected chi connectivity index (χ4v) is 2.78. The third-order valence-corrected chi connectivity index (χ3v) is 4.18. The highest BCUT2D eigenvalue weighted by Crippen LogP contribution is 2.16. The molecule has 5 nitrogen and oxygen atoms in total. The quantitative estimate of drug-likeness (QED) is 0.897. The molecule has 22 heavy (non-hydrogen) atoms. The Bertz CT molecular complexity index is 504. The van der Waals surface area contributed by atoms with E-state index in [1.807, 2.05) is 37.4 Å². The van der Waals surface area contributed by atoms with Crippen molar-refractivity contribution in [3.8, 4) is 0 Å². The van der Waals surface area contributed by atoms with Gasteiger partial charge in [-0.3, -0.25) is 9.59 Å². The van der Waals surface area contributed by atoms with Gasteiger partial charge in [0.15, 0.2) is 0 Å². The zero-order valence-electron chi connectivity index (χ0n) is 13.4. The van der Waals surface area contributed by atoms with Crippen LogP contribution >= 0.6 is 0 Å². The summed E-state index contributed by atoms with van der Waals surface area (Å²) in [6, 6.07) is 10.1. The summed E-state index contributed by atoms with van der Waals surface area (Å²) >= 11 is 0. The van der Waals surface area contributed by atoms with Crippen LogP contribution < -0.4 is 10.2 Å². The molecular weight excluding hydrogens is 278 g/mol. The van der Waals surface area contributed by atoms with Crippen molar-refractivity contribution < 1.29 is 9.59 Å². The van der Waals surface area contributed by atoms with Crippen LogP contribution in [0.15, 0.2) is 30.3 Å². The van der Waals surface area contributed by atoms with Crippen LogP contribution in [-0.2, 0) is 9.59 Å². The number of likely N-dealkylation sites (N-methyl/N-ethyl adjacent to an activating group) is 1. The maximum atomic E-state index is 12.2. The number of amides is 2. The predicted octanol–water partition coefficient (Wildman–Crippen LogP) is 1.50. The Morgan fingerprint density at radius 1 is 1.32 bits per heavy atom. The molecule has 1 aromatic carbocycles. The number of likely N-dealkylation sites (tertiary alicyclic amines) is 1. The fraction of sp³-hybridized carbons (Fsp3) is 0.529. The van der Waals surface area contributed by atoms with Crippen molar-refractivity contribution in [2.75, 3.05) is 38.1 Å². The molecule has 1 aliphatic rings. The first-order valence-corrected chi connectivity index (χ1v) is 7.87. The van der Waals surface area contributed by atoms with Gasteiger partial charge in [0, 0.05) is 45.8 Å². The molecule has 0 bridgehead atoms. The number of anilines is 1. The molecule has 1 aliphatic heterocycles. The number of nitrogens with zero attached hydrogens (tertiary/aromatic N) is 2. The number of piperidine rings is 1. The molecular formula is C17H25N3O2. The first-order valence-electron chi connectivity index (χ1n) is 7.87. The van der Waals surface area contributed by atoms with E-state index in [4.69, 9.17) is 0 Å². The molecule has 1 saturated heterocycles. The highest BCUT2D eigenvalue weighted by Gasteiger charge is 2.26. The first kappa shape index (κ1) is 16.3. The van der Waals surface area contributed by atoms with E-state index in [0.717, 1.165) is 31.6 Å². The van der Waals surface area contributed by atoms with Crippen molar-refractivity contribution >= 4 is 17.5 Å². The molecule has 5 heteroatoms. The number of carbonyl (C=O) groups is 2. The van der Waals surface area contributed by atoms with Gasteiger partial charge >= 0.3 is 0 Å². The number of rotatable bonds is 5. The second-order valence-electron chi connectivity index (χ2n) is 5.85. The Hall–Kier alpha value is -2.04. The van der Waals surface area contributed by atoms with Crippen molar-refractivity contribution in [3.05, 3.63) is 30.3 Å². The topological polar surface area (TPSA) is 52.7 Å². The zero-order valence-corrected chi connectivity index (χ0v) is 13.4. The average Bonchev–Trinajstić information content (AvgIpc) is 2.55. The van der Waals surface area contributed by atoms with Crippen LogP contribution in [0, 0.1) is 5.92 Å². The Kier molecular flexibility index (Phi) is 5.81. The molecule has 1 aromatic rings. The minimum Gasteiger partial charge on any atom is -0.373 e. The normalized spacial score (nSPS) is 17.9. The van der Waals surface area contributed by atoms with Gasteiger partial charge < -0.3 is 15.1 Å². The van der Waals surface area contributed by atoms with Crippen LogP contribution in [0.1, 0.15) is 19.8 Å². The lowest BCUT2D eigenvalue weighted by molar-refractivity contribution is -0.133. The minimum absolute atomic E-state index is 0.0568. The van der Waals surface area contributed by atoms with Gasteiger partial charge in [0.2, 0.25) is 11.8 Å². The number of benzene rings is 1. The molecule has 1 N–H and O–H groups in total. The predicted molar refractivity (Wildman–Crippen MR) is 87.7 cm³/mol. The smallest absolute Gasteiger partial charge is 0.224 e. The van der Waals surface area contributed by atoms with Crippen LogP contribution in [0.2, 0.25) is 0 Å². The van der Waals surface area contributed by atoms with Crippen LogP contribution in [0.3, 0.4) is 0 Å². The monoisotopic (exact) mass is 303 g/mol. The molecule has 1 heterocycles. The van der Waals surface area contributed by atoms with Crippen molar-refractivity contribution in [1.29, 1.82) is 0 Å². The summed E-state index contributed by atoms with van der Waals surface area (Å²) in [7, 11) is 2.01. The Labute approximate surface area is 132 Å². The largest absolute Gasteiger partial charge is 0.373 e. The van der Waals surface area contributed by atoms with E-state index in [0.29, 0.717) is 13.1 Å². The summed E-state index contributed by atoms with van der Waals surface area (Å²) in [6.07, 6.45) is 1.77. The van der Waals surface area contributed by atoms with E-state index >= 15 is 0 Å². The van der Waals surface area contributed by atoms with Crippen molar-refractivity contribution in [2.45, 2.75) is 19.8 Å². The van der Waals surface area contributed by atoms with Gasteiger partial charge in [0.25, 0.3) is 0 Å². The standard InChI is InChI=1S/C17H25N3O2/c1-14(21)20-11-6-7-15(13-20)17(22)18-10-12-19(2)16-8-4-3-5-9-16/h3-5,8-9,15H,6-7,10-13H2,1-2H3,(H,18,22)/t15-/m0/s1. The van der Waals surface area contributed by atoms with Crippen molar-refractivity contribution in [3.63, 3.8) is 0 Å². The Balaban J connectivity index is 1.74. The fourth-order valence-electron chi connectivity index (χ4n) is 2.78. The van der Waals surface area contributed by atoms with E-state index < -0.39 is 0 Å².